The van der Waals surface area contributed by atoms with E-state index in [1.54, 1.807) is 0 Å². The molecule has 1 aliphatic carbocycles. The molecular formula is C20H18F6O2. The van der Waals surface area contributed by atoms with Crippen LogP contribution in [-0.4, -0.2) is 11.5 Å². The molecule has 2 nitrogen and oxygen atoms in total. The van der Waals surface area contributed by atoms with Gasteiger partial charge in [0.25, 0.3) is 0 Å². The molecule has 1 N–H and O–H groups in total. The molecule has 0 unspecified atom stereocenters. The van der Waals surface area contributed by atoms with Crippen LogP contribution in [0.1, 0.15) is 44.1 Å². The highest BCUT2D eigenvalue weighted by molar-refractivity contribution is 5.72. The number of hydrogen-bond acceptors (Lipinski definition) is 2. The summed E-state index contributed by atoms with van der Waals surface area (Å²) in [5.41, 5.74) is -0.697. The maximum atomic E-state index is 14.6. The Labute approximate surface area is 157 Å². The van der Waals surface area contributed by atoms with Gasteiger partial charge in [0, 0.05) is 11.1 Å². The number of ether oxygens (including phenoxy) is 1. The molecule has 0 bridgehead atoms. The van der Waals surface area contributed by atoms with Gasteiger partial charge in [-0.15, -0.1) is 13.2 Å². The highest BCUT2D eigenvalue weighted by Crippen LogP contribution is 2.42. The molecule has 2 aromatic carbocycles. The molecule has 8 heteroatoms. The molecule has 3 rings (SSSR count). The van der Waals surface area contributed by atoms with Gasteiger partial charge in [-0.25, -0.2) is 8.78 Å². The summed E-state index contributed by atoms with van der Waals surface area (Å²) in [5.74, 6) is -6.20. The predicted molar refractivity (Wildman–Crippen MR) is 90.5 cm³/mol. The van der Waals surface area contributed by atoms with E-state index in [0.717, 1.165) is 31.7 Å². The summed E-state index contributed by atoms with van der Waals surface area (Å²) in [7, 11) is 0. The minimum atomic E-state index is -5.16. The second-order valence-corrected chi connectivity index (χ2v) is 7.11. The van der Waals surface area contributed by atoms with Crippen molar-refractivity contribution in [2.24, 2.45) is 5.92 Å². The molecule has 0 heterocycles. The van der Waals surface area contributed by atoms with Gasteiger partial charge in [-0.05, 0) is 42.4 Å². The molecule has 0 radical (unpaired) electrons. The molecular weight excluding hydrogens is 386 g/mol. The van der Waals surface area contributed by atoms with E-state index in [4.69, 9.17) is 0 Å². The van der Waals surface area contributed by atoms with Crippen molar-refractivity contribution in [3.63, 3.8) is 0 Å². The Balaban J connectivity index is 1.96. The third kappa shape index (κ3) is 4.05. The molecule has 0 spiro atoms. The Morgan fingerprint density at radius 2 is 1.46 bits per heavy atom. The predicted octanol–water partition coefficient (Wildman–Crippen LogP) is 6.67. The number of benzene rings is 2. The number of alkyl halides is 3. The molecule has 0 aliphatic heterocycles. The van der Waals surface area contributed by atoms with Gasteiger partial charge in [-0.1, -0.05) is 31.9 Å². The molecule has 0 aromatic heterocycles. The van der Waals surface area contributed by atoms with Crippen LogP contribution in [0.4, 0.5) is 26.3 Å². The highest BCUT2D eigenvalue weighted by atomic mass is 19.4. The Morgan fingerprint density at radius 1 is 0.857 bits per heavy atom. The fraction of sp³-hybridized carbons (Fsp3) is 0.400. The van der Waals surface area contributed by atoms with Crippen molar-refractivity contribution < 1.29 is 36.2 Å². The largest absolute Gasteiger partial charge is 0.573 e. The minimum Gasteiger partial charge on any atom is -0.504 e. The highest BCUT2D eigenvalue weighted by Gasteiger charge is 2.34. The van der Waals surface area contributed by atoms with Crippen molar-refractivity contribution in [3.8, 4) is 22.6 Å². The first-order chi connectivity index (χ1) is 13.1. The Hall–Kier alpha value is -2.38. The summed E-state index contributed by atoms with van der Waals surface area (Å²) >= 11 is 0. The van der Waals surface area contributed by atoms with Crippen LogP contribution in [0.25, 0.3) is 11.1 Å². The summed E-state index contributed by atoms with van der Waals surface area (Å²) in [5, 5.41) is 9.88. The molecule has 0 saturated heterocycles. The Morgan fingerprint density at radius 3 is 2.07 bits per heavy atom. The molecule has 152 valence electrons. The van der Waals surface area contributed by atoms with Gasteiger partial charge in [-0.3, -0.25) is 0 Å². The summed E-state index contributed by atoms with van der Waals surface area (Å²) in [6.07, 6.45) is -1.91. The molecule has 2 aromatic rings. The topological polar surface area (TPSA) is 29.5 Å². The lowest BCUT2D eigenvalue weighted by Crippen LogP contribution is -2.18. The van der Waals surface area contributed by atoms with E-state index >= 15 is 0 Å². The second-order valence-electron chi connectivity index (χ2n) is 7.11. The fourth-order valence-corrected chi connectivity index (χ4v) is 3.63. The van der Waals surface area contributed by atoms with Crippen LogP contribution in [0, 0.1) is 23.4 Å². The van der Waals surface area contributed by atoms with Gasteiger partial charge in [0.05, 0.1) is 0 Å². The van der Waals surface area contributed by atoms with Crippen LogP contribution in [0.3, 0.4) is 0 Å². The maximum absolute atomic E-state index is 14.6. The number of halogens is 6. The number of phenols is 1. The van der Waals surface area contributed by atoms with Crippen molar-refractivity contribution in [1.82, 2.24) is 0 Å². The average molecular weight is 404 g/mol. The van der Waals surface area contributed by atoms with Crippen molar-refractivity contribution in [2.75, 3.05) is 0 Å². The number of aromatic hydroxyl groups is 1. The van der Waals surface area contributed by atoms with E-state index < -0.39 is 46.4 Å². The van der Waals surface area contributed by atoms with Crippen molar-refractivity contribution in [1.29, 1.82) is 0 Å². The molecule has 1 fully saturated rings. The average Bonchev–Trinajstić information content (AvgIpc) is 2.62. The fourth-order valence-electron chi connectivity index (χ4n) is 3.63. The van der Waals surface area contributed by atoms with Crippen LogP contribution in [0.5, 0.6) is 11.5 Å². The van der Waals surface area contributed by atoms with Gasteiger partial charge in [0.2, 0.25) is 5.82 Å². The Kier molecular flexibility index (Phi) is 5.50. The van der Waals surface area contributed by atoms with E-state index in [9.17, 15) is 31.4 Å². The number of phenolic OH excluding ortho intramolecular Hbond substituents is 1. The first-order valence-corrected chi connectivity index (χ1v) is 8.84. The standard InChI is InChI=1S/C20H18F6O2/c1-10-2-4-11(5-3-10)12-6-7-13(17(22)16(12)21)14-8-9-15(18(23)19(14)27)28-20(24,25)26/h6-11,27H,2-5H2,1H3. The number of hydrogen-bond donors (Lipinski definition) is 1. The number of rotatable bonds is 3. The SMILES string of the molecule is CC1CCC(c2ccc(-c3ccc(OC(F)(F)F)c(F)c3O)c(F)c2F)CC1. The molecule has 28 heavy (non-hydrogen) atoms. The minimum absolute atomic E-state index is 0.132. The Bertz CT molecular complexity index is 870. The summed E-state index contributed by atoms with van der Waals surface area (Å²) in [4.78, 5) is 0. The smallest absolute Gasteiger partial charge is 0.504 e. The zero-order chi connectivity index (χ0) is 20.6. The summed E-state index contributed by atoms with van der Waals surface area (Å²) in [6, 6.07) is 4.03. The second kappa shape index (κ2) is 7.56. The van der Waals surface area contributed by atoms with Crippen LogP contribution in [0.15, 0.2) is 24.3 Å². The third-order valence-electron chi connectivity index (χ3n) is 5.16. The first kappa shape index (κ1) is 20.4. The van der Waals surface area contributed by atoms with E-state index in [1.165, 1.54) is 12.1 Å². The van der Waals surface area contributed by atoms with Crippen molar-refractivity contribution in [3.05, 3.63) is 47.3 Å². The maximum Gasteiger partial charge on any atom is 0.573 e. The van der Waals surface area contributed by atoms with Gasteiger partial charge in [0.1, 0.15) is 0 Å². The lowest BCUT2D eigenvalue weighted by molar-refractivity contribution is -0.275. The molecule has 1 saturated carbocycles. The van der Waals surface area contributed by atoms with Crippen molar-refractivity contribution in [2.45, 2.75) is 44.9 Å². The van der Waals surface area contributed by atoms with Crippen LogP contribution < -0.4 is 4.74 Å². The zero-order valence-electron chi connectivity index (χ0n) is 14.9. The summed E-state index contributed by atoms with van der Waals surface area (Å²) < 4.78 is 83.5. The quantitative estimate of drug-likeness (QED) is 0.579. The van der Waals surface area contributed by atoms with Crippen LogP contribution in [0.2, 0.25) is 0 Å². The normalized spacial score (nSPS) is 20.2. The van der Waals surface area contributed by atoms with E-state index in [1.807, 2.05) is 0 Å². The summed E-state index contributed by atoms with van der Waals surface area (Å²) in [6.45, 7) is 2.10. The van der Waals surface area contributed by atoms with Gasteiger partial charge in [-0.2, -0.15) is 4.39 Å². The lowest BCUT2D eigenvalue weighted by atomic mass is 9.79. The van der Waals surface area contributed by atoms with Gasteiger partial charge in [0.15, 0.2) is 23.1 Å². The van der Waals surface area contributed by atoms with Crippen LogP contribution in [-0.2, 0) is 0 Å². The van der Waals surface area contributed by atoms with E-state index in [0.29, 0.717) is 12.0 Å². The lowest BCUT2D eigenvalue weighted by Gasteiger charge is -2.27. The molecule has 0 atom stereocenters. The van der Waals surface area contributed by atoms with Crippen LogP contribution >= 0.6 is 0 Å². The van der Waals surface area contributed by atoms with E-state index in [-0.39, 0.29) is 11.5 Å². The van der Waals surface area contributed by atoms with Gasteiger partial charge < -0.3 is 9.84 Å². The molecule has 1 aliphatic rings. The molecule has 0 amide bonds. The third-order valence-corrected chi connectivity index (χ3v) is 5.16. The first-order valence-electron chi connectivity index (χ1n) is 8.84. The van der Waals surface area contributed by atoms with Crippen molar-refractivity contribution >= 4 is 0 Å². The van der Waals surface area contributed by atoms with Gasteiger partial charge >= 0.3 is 6.36 Å². The zero-order valence-corrected chi connectivity index (χ0v) is 14.9. The monoisotopic (exact) mass is 404 g/mol. The van der Waals surface area contributed by atoms with E-state index in [2.05, 4.69) is 11.7 Å².